The first-order valence-corrected chi connectivity index (χ1v) is 7.49. The molecule has 2 aliphatic rings. The molecular weight excluding hydrogens is 271 g/mol. The van der Waals surface area contributed by atoms with Crippen LogP contribution in [0, 0.1) is 11.7 Å². The van der Waals surface area contributed by atoms with Crippen molar-refractivity contribution in [1.82, 2.24) is 10.2 Å². The molecule has 1 amide bonds. The fraction of sp³-hybridized carbons (Fsp3) is 0.562. The summed E-state index contributed by atoms with van der Waals surface area (Å²) in [6.45, 7) is 2.65. The van der Waals surface area contributed by atoms with Crippen LogP contribution in [0.4, 0.5) is 4.39 Å². The number of hydrogen-bond acceptors (Lipinski definition) is 3. The molecule has 0 aliphatic carbocycles. The van der Waals surface area contributed by atoms with Gasteiger partial charge in [0.05, 0.1) is 6.10 Å². The number of carbonyl (C=O) groups is 1. The number of fused-ring (bicyclic) bond motifs is 1. The van der Waals surface area contributed by atoms with Gasteiger partial charge in [0.15, 0.2) is 0 Å². The number of hydrogen-bond donors (Lipinski definition) is 1. The quantitative estimate of drug-likeness (QED) is 0.919. The van der Waals surface area contributed by atoms with Crippen LogP contribution in [0.1, 0.15) is 18.4 Å². The highest BCUT2D eigenvalue weighted by Crippen LogP contribution is 2.33. The SMILES string of the molecule is CNC(=O)[C@H]1C[C@@H]2CCN(Cc3ccc(F)cc3)C[C@H]2O1. The van der Waals surface area contributed by atoms with Crippen LogP contribution in [0.15, 0.2) is 24.3 Å². The normalized spacial score (nSPS) is 29.1. The number of rotatable bonds is 3. The number of piperidine rings is 1. The minimum Gasteiger partial charge on any atom is -0.364 e. The summed E-state index contributed by atoms with van der Waals surface area (Å²) in [5.74, 6) is 0.260. The molecule has 2 heterocycles. The van der Waals surface area contributed by atoms with Gasteiger partial charge in [0.1, 0.15) is 11.9 Å². The molecule has 1 aromatic rings. The average molecular weight is 292 g/mol. The van der Waals surface area contributed by atoms with Gasteiger partial charge in [-0.3, -0.25) is 9.69 Å². The molecule has 1 aromatic carbocycles. The highest BCUT2D eigenvalue weighted by molar-refractivity contribution is 5.80. The lowest BCUT2D eigenvalue weighted by atomic mass is 9.91. The van der Waals surface area contributed by atoms with Gasteiger partial charge in [-0.25, -0.2) is 4.39 Å². The number of likely N-dealkylation sites (N-methyl/N-ethyl adjacent to an activating group) is 1. The Balaban J connectivity index is 1.57. The van der Waals surface area contributed by atoms with Gasteiger partial charge in [-0.15, -0.1) is 0 Å². The second-order valence-corrected chi connectivity index (χ2v) is 5.92. The van der Waals surface area contributed by atoms with Crippen molar-refractivity contribution in [3.8, 4) is 0 Å². The van der Waals surface area contributed by atoms with Crippen LogP contribution < -0.4 is 5.32 Å². The van der Waals surface area contributed by atoms with E-state index in [1.165, 1.54) is 12.1 Å². The fourth-order valence-corrected chi connectivity index (χ4v) is 3.32. The number of nitrogens with one attached hydrogen (secondary N) is 1. The Morgan fingerprint density at radius 2 is 2.19 bits per heavy atom. The molecule has 0 bridgehead atoms. The second kappa shape index (κ2) is 6.12. The predicted molar refractivity (Wildman–Crippen MR) is 77.1 cm³/mol. The third kappa shape index (κ3) is 3.24. The molecule has 0 spiro atoms. The largest absolute Gasteiger partial charge is 0.364 e. The highest BCUT2D eigenvalue weighted by Gasteiger charge is 2.41. The van der Waals surface area contributed by atoms with Gasteiger partial charge < -0.3 is 10.1 Å². The Morgan fingerprint density at radius 3 is 2.90 bits per heavy atom. The van der Waals surface area contributed by atoms with E-state index in [9.17, 15) is 9.18 Å². The van der Waals surface area contributed by atoms with E-state index in [0.29, 0.717) is 5.92 Å². The maximum atomic E-state index is 12.9. The number of likely N-dealkylation sites (tertiary alicyclic amines) is 1. The molecule has 2 saturated heterocycles. The lowest BCUT2D eigenvalue weighted by Crippen LogP contribution is -2.42. The van der Waals surface area contributed by atoms with Gasteiger partial charge in [-0.1, -0.05) is 12.1 Å². The Bertz CT molecular complexity index is 506. The predicted octanol–water partition coefficient (Wildman–Crippen LogP) is 1.55. The molecule has 0 radical (unpaired) electrons. The molecule has 2 fully saturated rings. The van der Waals surface area contributed by atoms with Gasteiger partial charge in [-0.2, -0.15) is 0 Å². The Kier molecular flexibility index (Phi) is 4.22. The van der Waals surface area contributed by atoms with Crippen LogP contribution in [0.25, 0.3) is 0 Å². The molecular formula is C16H21FN2O2. The molecule has 21 heavy (non-hydrogen) atoms. The van der Waals surface area contributed by atoms with Gasteiger partial charge in [0.2, 0.25) is 5.91 Å². The van der Waals surface area contributed by atoms with E-state index in [1.807, 2.05) is 12.1 Å². The van der Waals surface area contributed by atoms with E-state index in [2.05, 4.69) is 10.2 Å². The van der Waals surface area contributed by atoms with Crippen LogP contribution in [0.5, 0.6) is 0 Å². The van der Waals surface area contributed by atoms with E-state index in [0.717, 1.165) is 38.0 Å². The molecule has 2 aliphatic heterocycles. The Morgan fingerprint density at radius 1 is 1.43 bits per heavy atom. The first-order chi connectivity index (χ1) is 10.2. The zero-order chi connectivity index (χ0) is 14.8. The monoisotopic (exact) mass is 292 g/mol. The van der Waals surface area contributed by atoms with Gasteiger partial charge in [0, 0.05) is 20.1 Å². The van der Waals surface area contributed by atoms with E-state index < -0.39 is 0 Å². The van der Waals surface area contributed by atoms with Crippen LogP contribution in [0.2, 0.25) is 0 Å². The number of ether oxygens (including phenoxy) is 1. The molecule has 4 nitrogen and oxygen atoms in total. The number of benzene rings is 1. The summed E-state index contributed by atoms with van der Waals surface area (Å²) in [4.78, 5) is 14.0. The highest BCUT2D eigenvalue weighted by atomic mass is 19.1. The van der Waals surface area contributed by atoms with Crippen LogP contribution in [0.3, 0.4) is 0 Å². The van der Waals surface area contributed by atoms with E-state index >= 15 is 0 Å². The van der Waals surface area contributed by atoms with Crippen molar-refractivity contribution in [3.05, 3.63) is 35.6 Å². The van der Waals surface area contributed by atoms with Gasteiger partial charge in [0.25, 0.3) is 0 Å². The standard InChI is InChI=1S/C16H21FN2O2/c1-18-16(20)14-8-12-6-7-19(10-15(12)21-14)9-11-2-4-13(17)5-3-11/h2-5,12,14-15H,6-10H2,1H3,(H,18,20)/t12-,14+,15+/m0/s1. The van der Waals surface area contributed by atoms with E-state index in [4.69, 9.17) is 4.74 Å². The molecule has 0 saturated carbocycles. The van der Waals surface area contributed by atoms with Crippen molar-refractivity contribution in [2.24, 2.45) is 5.92 Å². The third-order valence-electron chi connectivity index (χ3n) is 4.49. The van der Waals surface area contributed by atoms with Crippen molar-refractivity contribution in [3.63, 3.8) is 0 Å². The summed E-state index contributed by atoms with van der Waals surface area (Å²) < 4.78 is 18.8. The molecule has 3 atom stereocenters. The molecule has 0 unspecified atom stereocenters. The van der Waals surface area contributed by atoms with Crippen LogP contribution >= 0.6 is 0 Å². The fourth-order valence-electron chi connectivity index (χ4n) is 3.32. The third-order valence-corrected chi connectivity index (χ3v) is 4.49. The van der Waals surface area contributed by atoms with Crippen molar-refractivity contribution < 1.29 is 13.9 Å². The van der Waals surface area contributed by atoms with Crippen molar-refractivity contribution >= 4 is 5.91 Å². The number of amides is 1. The maximum Gasteiger partial charge on any atom is 0.248 e. The first-order valence-electron chi connectivity index (χ1n) is 7.49. The summed E-state index contributed by atoms with van der Waals surface area (Å²) in [6, 6.07) is 6.64. The second-order valence-electron chi connectivity index (χ2n) is 5.92. The minimum absolute atomic E-state index is 0.0190. The van der Waals surface area contributed by atoms with Gasteiger partial charge in [-0.05, 0) is 43.0 Å². The smallest absolute Gasteiger partial charge is 0.248 e. The summed E-state index contributed by atoms with van der Waals surface area (Å²) >= 11 is 0. The molecule has 1 N–H and O–H groups in total. The number of halogens is 1. The van der Waals surface area contributed by atoms with Crippen molar-refractivity contribution in [2.45, 2.75) is 31.6 Å². The summed E-state index contributed by atoms with van der Waals surface area (Å²) in [5, 5.41) is 2.66. The Hall–Kier alpha value is -1.46. The lowest BCUT2D eigenvalue weighted by molar-refractivity contribution is -0.132. The summed E-state index contributed by atoms with van der Waals surface area (Å²) in [5.41, 5.74) is 1.11. The topological polar surface area (TPSA) is 41.6 Å². The zero-order valence-corrected chi connectivity index (χ0v) is 12.2. The number of nitrogens with zero attached hydrogens (tertiary/aromatic N) is 1. The van der Waals surface area contributed by atoms with E-state index in [1.54, 1.807) is 7.05 Å². The first kappa shape index (κ1) is 14.5. The summed E-state index contributed by atoms with van der Waals surface area (Å²) in [6.07, 6.45) is 1.73. The molecule has 114 valence electrons. The number of carbonyl (C=O) groups excluding carboxylic acids is 1. The zero-order valence-electron chi connectivity index (χ0n) is 12.2. The maximum absolute atomic E-state index is 12.9. The molecule has 5 heteroatoms. The van der Waals surface area contributed by atoms with E-state index in [-0.39, 0.29) is 23.9 Å². The van der Waals surface area contributed by atoms with Gasteiger partial charge >= 0.3 is 0 Å². The minimum atomic E-state index is -0.296. The summed E-state index contributed by atoms with van der Waals surface area (Å²) in [7, 11) is 1.65. The van der Waals surface area contributed by atoms with Crippen molar-refractivity contribution in [2.75, 3.05) is 20.1 Å². The molecule has 3 rings (SSSR count). The van der Waals surface area contributed by atoms with Crippen molar-refractivity contribution in [1.29, 1.82) is 0 Å². The average Bonchev–Trinajstić information content (AvgIpc) is 2.92. The Labute approximate surface area is 124 Å². The molecule has 0 aromatic heterocycles. The van der Waals surface area contributed by atoms with Crippen LogP contribution in [-0.2, 0) is 16.1 Å². The lowest BCUT2D eigenvalue weighted by Gasteiger charge is -2.34. The van der Waals surface area contributed by atoms with Crippen LogP contribution in [-0.4, -0.2) is 43.2 Å².